The van der Waals surface area contributed by atoms with Gasteiger partial charge in [0.1, 0.15) is 11.5 Å². The van der Waals surface area contributed by atoms with Crippen LogP contribution in [0.3, 0.4) is 0 Å². The number of aryl methyl sites for hydroxylation is 1. The topological polar surface area (TPSA) is 67.8 Å². The number of nitrogens with two attached hydrogens (primary N) is 1. The van der Waals surface area contributed by atoms with E-state index < -0.39 is 0 Å². The van der Waals surface area contributed by atoms with Crippen molar-refractivity contribution in [1.82, 2.24) is 0 Å². The molecule has 0 spiro atoms. The Kier molecular flexibility index (Phi) is 4.29. The van der Waals surface area contributed by atoms with Crippen molar-refractivity contribution in [3.05, 3.63) is 57.6 Å². The monoisotopic (exact) mass is 334 g/mol. The maximum Gasteiger partial charge on any atom is 0.173 e. The molecule has 0 fully saturated rings. The van der Waals surface area contributed by atoms with E-state index in [0.717, 1.165) is 21.3 Å². The van der Waals surface area contributed by atoms with Crippen LogP contribution < -0.4 is 10.5 Å². The number of oxime groups is 1. The van der Waals surface area contributed by atoms with Crippen LogP contribution in [0.15, 0.2) is 46.0 Å². The fourth-order valence-corrected chi connectivity index (χ4v) is 2.16. The van der Waals surface area contributed by atoms with Crippen molar-refractivity contribution < 1.29 is 9.94 Å². The van der Waals surface area contributed by atoms with Gasteiger partial charge in [-0.2, -0.15) is 0 Å². The SMILES string of the molecule is Cc1cccc(Oc2ccc(Br)cc2/C(N)=N/O)c1C. The molecule has 0 atom stereocenters. The Hall–Kier alpha value is -2.01. The van der Waals surface area contributed by atoms with E-state index in [4.69, 9.17) is 15.7 Å². The molecule has 0 aliphatic carbocycles. The minimum absolute atomic E-state index is 0.00612. The minimum atomic E-state index is 0.00612. The summed E-state index contributed by atoms with van der Waals surface area (Å²) in [5.41, 5.74) is 8.41. The van der Waals surface area contributed by atoms with Crippen LogP contribution in [0, 0.1) is 13.8 Å². The highest BCUT2D eigenvalue weighted by atomic mass is 79.9. The Morgan fingerprint density at radius 2 is 1.95 bits per heavy atom. The molecule has 0 heterocycles. The first-order valence-electron chi connectivity index (χ1n) is 6.04. The third-order valence-corrected chi connectivity index (χ3v) is 3.59. The predicted molar refractivity (Wildman–Crippen MR) is 82.6 cm³/mol. The van der Waals surface area contributed by atoms with Crippen molar-refractivity contribution in [2.24, 2.45) is 10.9 Å². The summed E-state index contributed by atoms with van der Waals surface area (Å²) in [7, 11) is 0. The molecule has 0 aromatic heterocycles. The lowest BCUT2D eigenvalue weighted by Gasteiger charge is -2.13. The summed E-state index contributed by atoms with van der Waals surface area (Å²) in [6, 6.07) is 11.2. The standard InChI is InChI=1S/C15H15BrN2O2/c1-9-4-3-5-13(10(9)2)20-14-7-6-11(16)8-12(14)15(17)18-19/h3-8,19H,1-2H3,(H2,17,18). The molecule has 0 radical (unpaired) electrons. The number of halogens is 1. The van der Waals surface area contributed by atoms with Gasteiger partial charge in [-0.05, 0) is 49.2 Å². The number of nitrogens with zero attached hydrogens (tertiary/aromatic N) is 1. The second-order valence-corrected chi connectivity index (χ2v) is 5.34. The third-order valence-electron chi connectivity index (χ3n) is 3.10. The number of hydrogen-bond donors (Lipinski definition) is 2. The van der Waals surface area contributed by atoms with E-state index in [1.54, 1.807) is 12.1 Å². The van der Waals surface area contributed by atoms with Gasteiger partial charge in [-0.15, -0.1) is 0 Å². The molecule has 0 amide bonds. The summed E-state index contributed by atoms with van der Waals surface area (Å²) in [5.74, 6) is 1.29. The lowest BCUT2D eigenvalue weighted by atomic mass is 10.1. The number of rotatable bonds is 3. The summed E-state index contributed by atoms with van der Waals surface area (Å²) >= 11 is 3.36. The number of benzene rings is 2. The van der Waals surface area contributed by atoms with Crippen LogP contribution in [0.25, 0.3) is 0 Å². The Balaban J connectivity index is 2.46. The van der Waals surface area contributed by atoms with Crippen LogP contribution in [0.1, 0.15) is 16.7 Å². The van der Waals surface area contributed by atoms with E-state index in [9.17, 15) is 0 Å². The molecular weight excluding hydrogens is 320 g/mol. The first-order valence-corrected chi connectivity index (χ1v) is 6.83. The van der Waals surface area contributed by atoms with Gasteiger partial charge in [0.2, 0.25) is 0 Å². The fourth-order valence-electron chi connectivity index (χ4n) is 1.80. The van der Waals surface area contributed by atoms with E-state index >= 15 is 0 Å². The molecule has 0 saturated heterocycles. The number of ether oxygens (including phenoxy) is 1. The van der Waals surface area contributed by atoms with Gasteiger partial charge in [-0.25, -0.2) is 0 Å². The number of amidine groups is 1. The van der Waals surface area contributed by atoms with Gasteiger partial charge < -0.3 is 15.7 Å². The average molecular weight is 335 g/mol. The van der Waals surface area contributed by atoms with Crippen molar-refractivity contribution >= 4 is 21.8 Å². The van der Waals surface area contributed by atoms with Gasteiger partial charge in [0, 0.05) is 4.47 Å². The Morgan fingerprint density at radius 1 is 1.20 bits per heavy atom. The first-order chi connectivity index (χ1) is 9.52. The van der Waals surface area contributed by atoms with E-state index in [1.807, 2.05) is 38.1 Å². The molecule has 2 rings (SSSR count). The van der Waals surface area contributed by atoms with Crippen molar-refractivity contribution in [1.29, 1.82) is 0 Å². The van der Waals surface area contributed by atoms with Gasteiger partial charge in [0.25, 0.3) is 0 Å². The molecule has 0 bridgehead atoms. The van der Waals surface area contributed by atoms with Gasteiger partial charge in [-0.1, -0.05) is 33.2 Å². The van der Waals surface area contributed by atoms with Gasteiger partial charge in [-0.3, -0.25) is 0 Å². The highest BCUT2D eigenvalue weighted by Gasteiger charge is 2.11. The number of hydrogen-bond acceptors (Lipinski definition) is 3. The van der Waals surface area contributed by atoms with Crippen molar-refractivity contribution in [3.63, 3.8) is 0 Å². The zero-order valence-electron chi connectivity index (χ0n) is 11.2. The summed E-state index contributed by atoms with van der Waals surface area (Å²) in [5, 5.41) is 11.9. The van der Waals surface area contributed by atoms with Gasteiger partial charge >= 0.3 is 0 Å². The lowest BCUT2D eigenvalue weighted by molar-refractivity contribution is 0.318. The molecule has 104 valence electrons. The quantitative estimate of drug-likeness (QED) is 0.386. The molecule has 4 nitrogen and oxygen atoms in total. The largest absolute Gasteiger partial charge is 0.456 e. The summed E-state index contributed by atoms with van der Waals surface area (Å²) < 4.78 is 6.73. The zero-order valence-corrected chi connectivity index (χ0v) is 12.8. The third kappa shape index (κ3) is 2.93. The second-order valence-electron chi connectivity index (χ2n) is 4.43. The normalized spacial score (nSPS) is 11.4. The van der Waals surface area contributed by atoms with E-state index in [1.165, 1.54) is 0 Å². The second kappa shape index (κ2) is 5.96. The Labute approximate surface area is 126 Å². The molecule has 2 aromatic carbocycles. The van der Waals surface area contributed by atoms with Crippen LogP contribution in [-0.2, 0) is 0 Å². The summed E-state index contributed by atoms with van der Waals surface area (Å²) in [6.07, 6.45) is 0. The van der Waals surface area contributed by atoms with Gasteiger partial charge in [0.15, 0.2) is 5.84 Å². The Bertz CT molecular complexity index is 669. The maximum atomic E-state index is 8.86. The average Bonchev–Trinajstić information content (AvgIpc) is 2.44. The molecule has 5 heteroatoms. The summed E-state index contributed by atoms with van der Waals surface area (Å²) in [4.78, 5) is 0. The van der Waals surface area contributed by atoms with Crippen molar-refractivity contribution in [3.8, 4) is 11.5 Å². The Morgan fingerprint density at radius 3 is 2.65 bits per heavy atom. The molecule has 20 heavy (non-hydrogen) atoms. The molecular formula is C15H15BrN2O2. The first kappa shape index (κ1) is 14.4. The van der Waals surface area contributed by atoms with Crippen molar-refractivity contribution in [2.75, 3.05) is 0 Å². The predicted octanol–water partition coefficient (Wildman–Crippen LogP) is 3.95. The molecule has 3 N–H and O–H groups in total. The van der Waals surface area contributed by atoms with Crippen LogP contribution >= 0.6 is 15.9 Å². The lowest BCUT2D eigenvalue weighted by Crippen LogP contribution is -2.14. The smallest absolute Gasteiger partial charge is 0.173 e. The summed E-state index contributed by atoms with van der Waals surface area (Å²) in [6.45, 7) is 4.01. The van der Waals surface area contributed by atoms with E-state index in [2.05, 4.69) is 21.1 Å². The van der Waals surface area contributed by atoms with E-state index in [-0.39, 0.29) is 5.84 Å². The minimum Gasteiger partial charge on any atom is -0.456 e. The molecule has 0 aliphatic heterocycles. The zero-order chi connectivity index (χ0) is 14.7. The van der Waals surface area contributed by atoms with E-state index in [0.29, 0.717) is 11.3 Å². The molecule has 0 unspecified atom stereocenters. The van der Waals surface area contributed by atoms with Crippen LogP contribution in [0.2, 0.25) is 0 Å². The molecule has 0 saturated carbocycles. The molecule has 2 aromatic rings. The van der Waals surface area contributed by atoms with Crippen LogP contribution in [-0.4, -0.2) is 11.0 Å². The molecule has 0 aliphatic rings. The maximum absolute atomic E-state index is 8.86. The van der Waals surface area contributed by atoms with Gasteiger partial charge in [0.05, 0.1) is 5.56 Å². The van der Waals surface area contributed by atoms with Crippen LogP contribution in [0.4, 0.5) is 0 Å². The fraction of sp³-hybridized carbons (Fsp3) is 0.133. The highest BCUT2D eigenvalue weighted by molar-refractivity contribution is 9.10. The highest BCUT2D eigenvalue weighted by Crippen LogP contribution is 2.30. The van der Waals surface area contributed by atoms with Crippen molar-refractivity contribution in [2.45, 2.75) is 13.8 Å². The van der Waals surface area contributed by atoms with Crippen LogP contribution in [0.5, 0.6) is 11.5 Å².